The van der Waals surface area contributed by atoms with Crippen molar-refractivity contribution < 1.29 is 4.79 Å². The molecule has 5 rings (SSSR count). The Hall–Kier alpha value is -1.30. The van der Waals surface area contributed by atoms with Gasteiger partial charge < -0.3 is 11.5 Å². The van der Waals surface area contributed by atoms with Crippen molar-refractivity contribution >= 4 is 29.2 Å². The van der Waals surface area contributed by atoms with Gasteiger partial charge in [-0.1, -0.05) is 11.8 Å². The Morgan fingerprint density at radius 2 is 1.61 bits per heavy atom. The molecule has 1 atom stereocenters. The average molecular weight is 332 g/mol. The van der Waals surface area contributed by atoms with E-state index in [4.69, 9.17) is 11.5 Å². The number of Topliss-reactive ketones (excluding diaryl/α,β-unsaturated/α-hetero) is 1. The first-order valence-electron chi connectivity index (χ1n) is 8.54. The summed E-state index contributed by atoms with van der Waals surface area (Å²) in [6.45, 7) is 1.98. The summed E-state index contributed by atoms with van der Waals surface area (Å²) in [6.07, 6.45) is 7.35. The van der Waals surface area contributed by atoms with Crippen LogP contribution in [0.5, 0.6) is 0 Å². The van der Waals surface area contributed by atoms with Gasteiger partial charge in [-0.3, -0.25) is 4.79 Å². The number of nitrogen functional groups attached to an aromatic ring is 2. The smallest absolute Gasteiger partial charge is 0.192 e. The lowest BCUT2D eigenvalue weighted by molar-refractivity contribution is -0.142. The number of anilines is 2. The summed E-state index contributed by atoms with van der Waals surface area (Å²) in [5, 5.41) is 0.362. The summed E-state index contributed by atoms with van der Waals surface area (Å²) in [5.41, 5.74) is 11.4. The van der Waals surface area contributed by atoms with E-state index in [1.165, 1.54) is 37.1 Å². The normalized spacial score (nSPS) is 36.1. The van der Waals surface area contributed by atoms with E-state index in [0.717, 1.165) is 37.0 Å². The van der Waals surface area contributed by atoms with Crippen LogP contribution in [0.1, 0.15) is 45.4 Å². The van der Waals surface area contributed by atoms with Gasteiger partial charge in [-0.15, -0.1) is 0 Å². The van der Waals surface area contributed by atoms with Gasteiger partial charge in [0.1, 0.15) is 11.6 Å². The van der Waals surface area contributed by atoms with Crippen LogP contribution in [-0.4, -0.2) is 21.0 Å². The third-order valence-electron chi connectivity index (χ3n) is 5.96. The van der Waals surface area contributed by atoms with Gasteiger partial charge in [0.05, 0.1) is 5.25 Å². The highest BCUT2D eigenvalue weighted by molar-refractivity contribution is 8.00. The first-order chi connectivity index (χ1) is 10.9. The maximum atomic E-state index is 13.2. The highest BCUT2D eigenvalue weighted by Gasteiger charge is 2.55. The fourth-order valence-corrected chi connectivity index (χ4v) is 6.56. The summed E-state index contributed by atoms with van der Waals surface area (Å²) in [6, 6.07) is 1.54. The number of carbonyl (C=O) groups excluding carboxylic acids is 1. The molecule has 4 saturated carbocycles. The zero-order valence-corrected chi connectivity index (χ0v) is 14.3. The predicted molar refractivity (Wildman–Crippen MR) is 91.8 cm³/mol. The fraction of sp³-hybridized carbons (Fsp3) is 0.706. The molecule has 0 radical (unpaired) electrons. The molecule has 0 saturated heterocycles. The van der Waals surface area contributed by atoms with Crippen LogP contribution in [0.15, 0.2) is 11.2 Å². The standard InChI is InChI=1S/C17H24N4OS/c1-9(23-16-20-13(18)5-14(19)21-16)15(22)17-6-10-2-11(7-17)4-12(3-10)8-17/h5,9-12H,2-4,6-8H2,1H3,(H4,18,19,20,21). The van der Waals surface area contributed by atoms with Crippen molar-refractivity contribution in [3.8, 4) is 0 Å². The molecule has 1 heterocycles. The monoisotopic (exact) mass is 332 g/mol. The molecule has 5 nitrogen and oxygen atoms in total. The molecule has 0 aromatic carbocycles. The minimum atomic E-state index is -0.146. The number of hydrogen-bond acceptors (Lipinski definition) is 6. The summed E-state index contributed by atoms with van der Waals surface area (Å²) in [5.74, 6) is 3.44. The second kappa shape index (κ2) is 5.36. The van der Waals surface area contributed by atoms with Crippen molar-refractivity contribution in [3.63, 3.8) is 0 Å². The Balaban J connectivity index is 1.52. The Labute approximate surface area is 141 Å². The highest BCUT2D eigenvalue weighted by atomic mass is 32.2. The second-order valence-corrected chi connectivity index (χ2v) is 9.13. The lowest BCUT2D eigenvalue weighted by atomic mass is 9.48. The summed E-state index contributed by atoms with van der Waals surface area (Å²) < 4.78 is 0. The highest BCUT2D eigenvalue weighted by Crippen LogP contribution is 2.61. The summed E-state index contributed by atoms with van der Waals surface area (Å²) in [7, 11) is 0. The molecule has 0 amide bonds. The van der Waals surface area contributed by atoms with Crippen LogP contribution in [0.25, 0.3) is 0 Å². The molecule has 0 aliphatic heterocycles. The minimum absolute atomic E-state index is 0.0764. The van der Waals surface area contributed by atoms with Gasteiger partial charge in [-0.05, 0) is 63.2 Å². The zero-order chi connectivity index (χ0) is 16.2. The first kappa shape index (κ1) is 15.2. The quantitative estimate of drug-likeness (QED) is 0.650. The van der Waals surface area contributed by atoms with Gasteiger partial charge >= 0.3 is 0 Å². The van der Waals surface area contributed by atoms with E-state index in [1.807, 2.05) is 6.92 Å². The number of aromatic nitrogens is 2. The van der Waals surface area contributed by atoms with E-state index in [2.05, 4.69) is 9.97 Å². The minimum Gasteiger partial charge on any atom is -0.383 e. The molecule has 1 unspecified atom stereocenters. The first-order valence-corrected chi connectivity index (χ1v) is 9.42. The number of nitrogens with two attached hydrogens (primary N) is 2. The van der Waals surface area contributed by atoms with Crippen LogP contribution in [0.3, 0.4) is 0 Å². The Bertz CT molecular complexity index is 592. The second-order valence-electron chi connectivity index (χ2n) is 7.82. The van der Waals surface area contributed by atoms with Crippen LogP contribution in [0.4, 0.5) is 11.6 Å². The van der Waals surface area contributed by atoms with E-state index >= 15 is 0 Å². The third-order valence-corrected chi connectivity index (χ3v) is 6.92. The number of hydrogen-bond donors (Lipinski definition) is 2. The topological polar surface area (TPSA) is 94.9 Å². The number of rotatable bonds is 4. The van der Waals surface area contributed by atoms with E-state index in [1.54, 1.807) is 0 Å². The third kappa shape index (κ3) is 2.71. The molecule has 23 heavy (non-hydrogen) atoms. The van der Waals surface area contributed by atoms with Crippen LogP contribution in [0, 0.1) is 23.2 Å². The van der Waals surface area contributed by atoms with E-state index in [9.17, 15) is 4.79 Å². The van der Waals surface area contributed by atoms with Crippen molar-refractivity contribution in [3.05, 3.63) is 6.07 Å². The van der Waals surface area contributed by atoms with E-state index in [-0.39, 0.29) is 10.7 Å². The molecular weight excluding hydrogens is 308 g/mol. The maximum Gasteiger partial charge on any atom is 0.192 e. The lowest BCUT2D eigenvalue weighted by Gasteiger charge is -2.56. The van der Waals surface area contributed by atoms with Crippen LogP contribution in [0.2, 0.25) is 0 Å². The van der Waals surface area contributed by atoms with Crippen molar-refractivity contribution in [2.24, 2.45) is 23.2 Å². The van der Waals surface area contributed by atoms with Gasteiger partial charge in [-0.25, -0.2) is 9.97 Å². The molecule has 1 aromatic rings. The van der Waals surface area contributed by atoms with Crippen LogP contribution >= 0.6 is 11.8 Å². The molecule has 4 aliphatic rings. The van der Waals surface area contributed by atoms with Crippen molar-refractivity contribution in [2.75, 3.05) is 11.5 Å². The predicted octanol–water partition coefficient (Wildman–Crippen LogP) is 2.91. The number of nitrogens with zero attached hydrogens (tertiary/aromatic N) is 2. The molecule has 4 bridgehead atoms. The van der Waals surface area contributed by atoms with Crippen molar-refractivity contribution in [1.82, 2.24) is 9.97 Å². The van der Waals surface area contributed by atoms with Crippen LogP contribution in [-0.2, 0) is 4.79 Å². The fourth-order valence-electron chi connectivity index (χ4n) is 5.57. The Morgan fingerprint density at radius 3 is 2.09 bits per heavy atom. The largest absolute Gasteiger partial charge is 0.383 e. The Morgan fingerprint density at radius 1 is 1.13 bits per heavy atom. The average Bonchev–Trinajstić information content (AvgIpc) is 2.43. The van der Waals surface area contributed by atoms with Gasteiger partial charge in [0, 0.05) is 11.5 Å². The molecule has 4 N–H and O–H groups in total. The van der Waals surface area contributed by atoms with Gasteiger partial charge in [-0.2, -0.15) is 0 Å². The summed E-state index contributed by atoms with van der Waals surface area (Å²) in [4.78, 5) is 21.6. The Kier molecular flexibility index (Phi) is 3.55. The van der Waals surface area contributed by atoms with Crippen molar-refractivity contribution in [1.29, 1.82) is 0 Å². The van der Waals surface area contributed by atoms with Gasteiger partial charge in [0.25, 0.3) is 0 Å². The van der Waals surface area contributed by atoms with Gasteiger partial charge in [0.2, 0.25) is 0 Å². The molecular formula is C17H24N4OS. The van der Waals surface area contributed by atoms with Gasteiger partial charge in [0.15, 0.2) is 10.9 Å². The molecule has 124 valence electrons. The maximum absolute atomic E-state index is 13.2. The molecule has 0 spiro atoms. The molecule has 4 fully saturated rings. The van der Waals surface area contributed by atoms with Crippen LogP contribution < -0.4 is 11.5 Å². The number of carbonyl (C=O) groups is 1. The summed E-state index contributed by atoms with van der Waals surface area (Å²) >= 11 is 1.40. The van der Waals surface area contributed by atoms with E-state index < -0.39 is 0 Å². The zero-order valence-electron chi connectivity index (χ0n) is 13.5. The molecule has 4 aliphatic carbocycles. The number of ketones is 1. The lowest BCUT2D eigenvalue weighted by Crippen LogP contribution is -2.51. The SMILES string of the molecule is CC(Sc1nc(N)cc(N)n1)C(=O)C12CC3CC(CC(C3)C1)C2. The molecule has 1 aromatic heterocycles. The van der Waals surface area contributed by atoms with Crippen molar-refractivity contribution in [2.45, 2.75) is 55.9 Å². The molecule has 6 heteroatoms. The number of thioether (sulfide) groups is 1. The van der Waals surface area contributed by atoms with E-state index in [0.29, 0.717) is 22.6 Å².